The molecule has 0 aliphatic carbocycles. The first kappa shape index (κ1) is 11.9. The van der Waals surface area contributed by atoms with E-state index in [4.69, 9.17) is 5.73 Å². The lowest BCUT2D eigenvalue weighted by molar-refractivity contribution is 0.299. The van der Waals surface area contributed by atoms with Gasteiger partial charge in [-0.15, -0.1) is 0 Å². The van der Waals surface area contributed by atoms with Crippen LogP contribution < -0.4 is 5.73 Å². The average molecular weight is 172 g/mol. The molecule has 0 saturated carbocycles. The van der Waals surface area contributed by atoms with Gasteiger partial charge in [0.1, 0.15) is 0 Å². The van der Waals surface area contributed by atoms with Crippen molar-refractivity contribution in [1.82, 2.24) is 4.90 Å². The maximum atomic E-state index is 5.92. The molecule has 0 saturated heterocycles. The van der Waals surface area contributed by atoms with Crippen molar-refractivity contribution < 1.29 is 0 Å². The summed E-state index contributed by atoms with van der Waals surface area (Å²) in [7, 11) is 2.16. The molecule has 0 amide bonds. The third-order valence-electron chi connectivity index (χ3n) is 2.10. The summed E-state index contributed by atoms with van der Waals surface area (Å²) in [5.74, 6) is 0. The van der Waals surface area contributed by atoms with Crippen LogP contribution >= 0.6 is 0 Å². The summed E-state index contributed by atoms with van der Waals surface area (Å²) in [6, 6.07) is 0.372. The third-order valence-corrected chi connectivity index (χ3v) is 2.10. The lowest BCUT2D eigenvalue weighted by Crippen LogP contribution is -2.35. The van der Waals surface area contributed by atoms with Gasteiger partial charge in [-0.05, 0) is 26.4 Å². The van der Waals surface area contributed by atoms with E-state index in [1.807, 2.05) is 0 Å². The number of nitrogens with zero attached hydrogens (tertiary/aromatic N) is 1. The smallest absolute Gasteiger partial charge is 0.0167 e. The van der Waals surface area contributed by atoms with Crippen molar-refractivity contribution in [3.63, 3.8) is 0 Å². The molecule has 0 fully saturated rings. The Balaban J connectivity index is 3.33. The zero-order chi connectivity index (χ0) is 9.40. The number of hydrogen-bond donors (Lipinski definition) is 1. The molecule has 2 heteroatoms. The van der Waals surface area contributed by atoms with Crippen LogP contribution in [0.25, 0.3) is 0 Å². The van der Waals surface area contributed by atoms with Crippen LogP contribution in [0.3, 0.4) is 0 Å². The first-order valence-corrected chi connectivity index (χ1v) is 5.14. The molecule has 0 aromatic rings. The van der Waals surface area contributed by atoms with E-state index in [-0.39, 0.29) is 0 Å². The van der Waals surface area contributed by atoms with Gasteiger partial charge in [-0.1, -0.05) is 26.7 Å². The van der Waals surface area contributed by atoms with Crippen molar-refractivity contribution in [3.05, 3.63) is 0 Å². The van der Waals surface area contributed by atoms with E-state index in [2.05, 4.69) is 25.8 Å². The van der Waals surface area contributed by atoms with Crippen LogP contribution in [0.4, 0.5) is 0 Å². The van der Waals surface area contributed by atoms with Crippen LogP contribution in [0.1, 0.15) is 39.5 Å². The summed E-state index contributed by atoms with van der Waals surface area (Å²) < 4.78 is 0. The molecule has 0 spiro atoms. The Labute approximate surface area is 77.1 Å². The second-order valence-corrected chi connectivity index (χ2v) is 3.66. The van der Waals surface area contributed by atoms with Gasteiger partial charge < -0.3 is 10.6 Å². The molecule has 0 aromatic heterocycles. The zero-order valence-corrected chi connectivity index (χ0v) is 8.84. The van der Waals surface area contributed by atoms with E-state index in [0.717, 1.165) is 13.0 Å². The average Bonchev–Trinajstić information content (AvgIpc) is 2.01. The molecule has 1 atom stereocenters. The zero-order valence-electron chi connectivity index (χ0n) is 8.84. The van der Waals surface area contributed by atoms with Crippen LogP contribution in [0.15, 0.2) is 0 Å². The third kappa shape index (κ3) is 6.62. The predicted molar refractivity (Wildman–Crippen MR) is 55.3 cm³/mol. The van der Waals surface area contributed by atoms with Crippen molar-refractivity contribution in [2.45, 2.75) is 45.6 Å². The molecule has 74 valence electrons. The van der Waals surface area contributed by atoms with Crippen molar-refractivity contribution >= 4 is 0 Å². The fourth-order valence-corrected chi connectivity index (χ4v) is 1.38. The van der Waals surface area contributed by atoms with Crippen molar-refractivity contribution in [2.24, 2.45) is 5.73 Å². The highest BCUT2D eigenvalue weighted by Gasteiger charge is 2.04. The van der Waals surface area contributed by atoms with Gasteiger partial charge in [0, 0.05) is 12.6 Å². The number of unbranched alkanes of at least 4 members (excludes halogenated alkanes) is 1. The van der Waals surface area contributed by atoms with Gasteiger partial charge >= 0.3 is 0 Å². The molecule has 0 aliphatic rings. The molecule has 0 aromatic carbocycles. The summed E-state index contributed by atoms with van der Waals surface area (Å²) >= 11 is 0. The monoisotopic (exact) mass is 172 g/mol. The highest BCUT2D eigenvalue weighted by molar-refractivity contribution is 4.64. The lowest BCUT2D eigenvalue weighted by Gasteiger charge is -2.20. The van der Waals surface area contributed by atoms with E-state index >= 15 is 0 Å². The molecular formula is C10H24N2. The molecule has 0 bridgehead atoms. The van der Waals surface area contributed by atoms with Gasteiger partial charge in [-0.3, -0.25) is 0 Å². The Morgan fingerprint density at radius 2 is 1.92 bits per heavy atom. The van der Waals surface area contributed by atoms with E-state index in [1.54, 1.807) is 0 Å². The van der Waals surface area contributed by atoms with Gasteiger partial charge in [-0.2, -0.15) is 0 Å². The molecule has 0 aliphatic heterocycles. The molecule has 0 rings (SSSR count). The van der Waals surface area contributed by atoms with Crippen LogP contribution in [0, 0.1) is 0 Å². The molecule has 2 N–H and O–H groups in total. The number of rotatable bonds is 7. The molecule has 0 radical (unpaired) electrons. The Bertz CT molecular complexity index is 93.8. The van der Waals surface area contributed by atoms with E-state index in [9.17, 15) is 0 Å². The maximum Gasteiger partial charge on any atom is 0.0167 e. The van der Waals surface area contributed by atoms with E-state index in [0.29, 0.717) is 6.04 Å². The molecule has 12 heavy (non-hydrogen) atoms. The molecule has 0 unspecified atom stereocenters. The molecule has 0 heterocycles. The molecular weight excluding hydrogens is 148 g/mol. The summed E-state index contributed by atoms with van der Waals surface area (Å²) in [6.45, 7) is 6.65. The standard InChI is InChI=1S/C10H24N2/c1-4-6-8-12(3)9-10(11)7-5-2/h10H,4-9,11H2,1-3H3/t10-/m0/s1. The number of nitrogens with two attached hydrogens (primary N) is 1. The lowest BCUT2D eigenvalue weighted by atomic mass is 10.1. The van der Waals surface area contributed by atoms with Crippen LogP contribution in [-0.2, 0) is 0 Å². The summed E-state index contributed by atoms with van der Waals surface area (Å²) in [4.78, 5) is 2.34. The van der Waals surface area contributed by atoms with Crippen LogP contribution in [0.5, 0.6) is 0 Å². The Morgan fingerprint density at radius 1 is 1.25 bits per heavy atom. The predicted octanol–water partition coefficient (Wildman–Crippen LogP) is 1.85. The Kier molecular flexibility index (Phi) is 7.51. The summed E-state index contributed by atoms with van der Waals surface area (Å²) in [5, 5.41) is 0. The second-order valence-electron chi connectivity index (χ2n) is 3.66. The SMILES string of the molecule is CCCCN(C)C[C@@H](N)CCC. The van der Waals surface area contributed by atoms with Crippen molar-refractivity contribution in [2.75, 3.05) is 20.1 Å². The van der Waals surface area contributed by atoms with Gasteiger partial charge in [0.2, 0.25) is 0 Å². The summed E-state index contributed by atoms with van der Waals surface area (Å²) in [5.41, 5.74) is 5.92. The largest absolute Gasteiger partial charge is 0.327 e. The minimum atomic E-state index is 0.372. The quantitative estimate of drug-likeness (QED) is 0.635. The van der Waals surface area contributed by atoms with Crippen molar-refractivity contribution in [3.8, 4) is 0 Å². The minimum absolute atomic E-state index is 0.372. The normalized spacial score (nSPS) is 13.8. The highest BCUT2D eigenvalue weighted by atomic mass is 15.1. The van der Waals surface area contributed by atoms with Crippen molar-refractivity contribution in [1.29, 1.82) is 0 Å². The Hall–Kier alpha value is -0.0800. The van der Waals surface area contributed by atoms with Gasteiger partial charge in [0.05, 0.1) is 0 Å². The number of hydrogen-bond acceptors (Lipinski definition) is 2. The Morgan fingerprint density at radius 3 is 2.42 bits per heavy atom. The first-order valence-electron chi connectivity index (χ1n) is 5.14. The van der Waals surface area contributed by atoms with Gasteiger partial charge in [-0.25, -0.2) is 0 Å². The fourth-order valence-electron chi connectivity index (χ4n) is 1.38. The van der Waals surface area contributed by atoms with Crippen LogP contribution in [0.2, 0.25) is 0 Å². The van der Waals surface area contributed by atoms with Gasteiger partial charge in [0.15, 0.2) is 0 Å². The number of likely N-dealkylation sites (N-methyl/N-ethyl adjacent to an activating group) is 1. The molecule has 2 nitrogen and oxygen atoms in total. The second kappa shape index (κ2) is 7.56. The minimum Gasteiger partial charge on any atom is -0.327 e. The summed E-state index contributed by atoms with van der Waals surface area (Å²) in [6.07, 6.45) is 4.90. The highest BCUT2D eigenvalue weighted by Crippen LogP contribution is 1.97. The van der Waals surface area contributed by atoms with Crippen LogP contribution in [-0.4, -0.2) is 31.1 Å². The van der Waals surface area contributed by atoms with E-state index in [1.165, 1.54) is 25.8 Å². The topological polar surface area (TPSA) is 29.3 Å². The first-order chi connectivity index (χ1) is 5.70. The van der Waals surface area contributed by atoms with E-state index < -0.39 is 0 Å². The van der Waals surface area contributed by atoms with Gasteiger partial charge in [0.25, 0.3) is 0 Å². The maximum absolute atomic E-state index is 5.92. The fraction of sp³-hybridized carbons (Fsp3) is 1.00.